The Bertz CT molecular complexity index is 511. The fraction of sp³-hybridized carbons (Fsp3) is 0.500. The lowest BCUT2D eigenvalue weighted by atomic mass is 10.0. The Balaban J connectivity index is 1.73. The predicted molar refractivity (Wildman–Crippen MR) is 68.7 cm³/mol. The molecule has 5 heteroatoms. The van der Waals surface area contributed by atoms with Crippen LogP contribution >= 0.6 is 0 Å². The van der Waals surface area contributed by atoms with Gasteiger partial charge < -0.3 is 14.4 Å². The molecule has 1 spiro atoms. The molecule has 0 N–H and O–H groups in total. The minimum absolute atomic E-state index is 0.331. The molecule has 4 nitrogen and oxygen atoms in total. The zero-order valence-electron chi connectivity index (χ0n) is 10.6. The summed E-state index contributed by atoms with van der Waals surface area (Å²) in [4.78, 5) is 5.21. The highest BCUT2D eigenvalue weighted by Crippen LogP contribution is 2.34. The predicted octanol–water partition coefficient (Wildman–Crippen LogP) is 2.72. The Hall–Kier alpha value is -1.64. The van der Waals surface area contributed by atoms with Crippen LogP contribution in [-0.2, 0) is 9.47 Å². The van der Waals surface area contributed by atoms with Gasteiger partial charge >= 0.3 is 0 Å². The van der Waals surface area contributed by atoms with Gasteiger partial charge in [0.2, 0.25) is 0 Å². The molecule has 2 aliphatic rings. The molecule has 3 rings (SSSR count). The van der Waals surface area contributed by atoms with Crippen molar-refractivity contribution in [1.29, 1.82) is 0 Å². The van der Waals surface area contributed by atoms with Crippen LogP contribution in [0.4, 0.5) is 15.8 Å². The van der Waals surface area contributed by atoms with Crippen LogP contribution in [0.25, 0.3) is 4.85 Å². The van der Waals surface area contributed by atoms with E-state index in [1.807, 2.05) is 4.90 Å². The van der Waals surface area contributed by atoms with Gasteiger partial charge in [0.25, 0.3) is 0 Å². The van der Waals surface area contributed by atoms with E-state index in [2.05, 4.69) is 4.85 Å². The van der Waals surface area contributed by atoms with Crippen LogP contribution in [0.15, 0.2) is 18.2 Å². The molecule has 0 aromatic heterocycles. The van der Waals surface area contributed by atoms with Gasteiger partial charge in [-0.3, -0.25) is 0 Å². The van der Waals surface area contributed by atoms with E-state index in [0.717, 1.165) is 12.8 Å². The highest BCUT2D eigenvalue weighted by Gasteiger charge is 2.40. The first-order valence-electron chi connectivity index (χ1n) is 6.42. The molecule has 0 aliphatic carbocycles. The third-order valence-electron chi connectivity index (χ3n) is 3.74. The first kappa shape index (κ1) is 12.4. The molecule has 0 bridgehead atoms. The third kappa shape index (κ3) is 2.29. The first-order valence-corrected chi connectivity index (χ1v) is 6.42. The summed E-state index contributed by atoms with van der Waals surface area (Å²) in [6.07, 6.45) is 1.49. The van der Waals surface area contributed by atoms with E-state index < -0.39 is 5.79 Å². The Kier molecular flexibility index (Phi) is 3.13. The van der Waals surface area contributed by atoms with Crippen molar-refractivity contribution in [2.24, 2.45) is 0 Å². The molecule has 0 atom stereocenters. The summed E-state index contributed by atoms with van der Waals surface area (Å²) in [5.74, 6) is -0.776. The Morgan fingerprint density at radius 1 is 1.21 bits per heavy atom. The van der Waals surface area contributed by atoms with Crippen molar-refractivity contribution >= 4 is 11.4 Å². The van der Waals surface area contributed by atoms with E-state index in [1.54, 1.807) is 12.1 Å². The van der Waals surface area contributed by atoms with Crippen LogP contribution in [0, 0.1) is 12.4 Å². The van der Waals surface area contributed by atoms with Gasteiger partial charge in [-0.2, -0.15) is 0 Å². The minimum Gasteiger partial charge on any atom is -0.369 e. The molecule has 0 radical (unpaired) electrons. The number of benzene rings is 1. The van der Waals surface area contributed by atoms with E-state index in [4.69, 9.17) is 16.0 Å². The van der Waals surface area contributed by atoms with Crippen molar-refractivity contribution < 1.29 is 13.9 Å². The van der Waals surface area contributed by atoms with Gasteiger partial charge in [-0.25, -0.2) is 9.24 Å². The van der Waals surface area contributed by atoms with E-state index in [-0.39, 0.29) is 5.82 Å². The largest absolute Gasteiger partial charge is 0.369 e. The summed E-state index contributed by atoms with van der Waals surface area (Å²) in [5.41, 5.74) is 0.887. The molecule has 100 valence electrons. The average Bonchev–Trinajstić information content (AvgIpc) is 2.88. The molecule has 2 heterocycles. The average molecular weight is 262 g/mol. The zero-order valence-corrected chi connectivity index (χ0v) is 10.6. The lowest BCUT2D eigenvalue weighted by Gasteiger charge is -2.38. The molecule has 19 heavy (non-hydrogen) atoms. The highest BCUT2D eigenvalue weighted by atomic mass is 19.1. The van der Waals surface area contributed by atoms with E-state index in [1.165, 1.54) is 6.07 Å². The second-order valence-corrected chi connectivity index (χ2v) is 4.84. The Labute approximate surface area is 111 Å². The molecule has 2 saturated heterocycles. The van der Waals surface area contributed by atoms with Gasteiger partial charge in [-0.15, -0.1) is 0 Å². The van der Waals surface area contributed by atoms with Gasteiger partial charge in [0.05, 0.1) is 25.5 Å². The number of rotatable bonds is 1. The van der Waals surface area contributed by atoms with Crippen molar-refractivity contribution in [3.05, 3.63) is 35.4 Å². The van der Waals surface area contributed by atoms with Crippen LogP contribution in [0.3, 0.4) is 0 Å². The quantitative estimate of drug-likeness (QED) is 0.728. The maximum absolute atomic E-state index is 13.9. The summed E-state index contributed by atoms with van der Waals surface area (Å²) in [7, 11) is 0. The van der Waals surface area contributed by atoms with Crippen molar-refractivity contribution in [1.82, 2.24) is 0 Å². The Morgan fingerprint density at radius 2 is 1.89 bits per heavy atom. The molecular weight excluding hydrogens is 247 g/mol. The van der Waals surface area contributed by atoms with Crippen molar-refractivity contribution in [3.8, 4) is 0 Å². The number of piperidine rings is 1. The lowest BCUT2D eigenvalue weighted by molar-refractivity contribution is -0.169. The van der Waals surface area contributed by atoms with E-state index in [9.17, 15) is 4.39 Å². The smallest absolute Gasteiger partial charge is 0.190 e. The third-order valence-corrected chi connectivity index (χ3v) is 3.74. The van der Waals surface area contributed by atoms with Crippen LogP contribution in [0.1, 0.15) is 12.8 Å². The zero-order chi connectivity index (χ0) is 13.3. The van der Waals surface area contributed by atoms with Gasteiger partial charge in [0.1, 0.15) is 5.82 Å². The van der Waals surface area contributed by atoms with Crippen LogP contribution in [0.5, 0.6) is 0 Å². The van der Waals surface area contributed by atoms with E-state index >= 15 is 0 Å². The Morgan fingerprint density at radius 3 is 2.47 bits per heavy atom. The van der Waals surface area contributed by atoms with Crippen molar-refractivity contribution in [3.63, 3.8) is 0 Å². The number of halogens is 1. The molecule has 0 unspecified atom stereocenters. The maximum Gasteiger partial charge on any atom is 0.190 e. The summed E-state index contributed by atoms with van der Waals surface area (Å²) in [5, 5.41) is 0. The molecule has 0 saturated carbocycles. The summed E-state index contributed by atoms with van der Waals surface area (Å²) < 4.78 is 25.2. The maximum atomic E-state index is 13.9. The fourth-order valence-corrected chi connectivity index (χ4v) is 2.70. The second kappa shape index (κ2) is 4.80. The van der Waals surface area contributed by atoms with Gasteiger partial charge in [0.15, 0.2) is 11.5 Å². The molecule has 0 amide bonds. The monoisotopic (exact) mass is 262 g/mol. The van der Waals surface area contributed by atoms with Gasteiger partial charge in [0, 0.05) is 25.9 Å². The molecule has 2 aliphatic heterocycles. The number of hydrogen-bond acceptors (Lipinski definition) is 3. The molecule has 1 aromatic carbocycles. The summed E-state index contributed by atoms with van der Waals surface area (Å²) >= 11 is 0. The number of hydrogen-bond donors (Lipinski definition) is 0. The fourth-order valence-electron chi connectivity index (χ4n) is 2.70. The van der Waals surface area contributed by atoms with Crippen LogP contribution < -0.4 is 4.90 Å². The number of anilines is 1. The van der Waals surface area contributed by atoms with Crippen molar-refractivity contribution in [2.75, 3.05) is 31.2 Å². The molecule has 2 fully saturated rings. The number of ether oxygens (including phenoxy) is 2. The summed E-state index contributed by atoms with van der Waals surface area (Å²) in [6, 6.07) is 4.62. The van der Waals surface area contributed by atoms with Gasteiger partial charge in [-0.05, 0) is 12.1 Å². The minimum atomic E-state index is -0.441. The highest BCUT2D eigenvalue weighted by molar-refractivity contribution is 5.57. The standard InChI is InChI=1S/C14H15FN2O2/c1-16-11-2-3-13(12(15)10-11)17-6-4-14(5-7-17)18-8-9-19-14/h2-3,10H,4-9H2. The SMILES string of the molecule is [C-]#[N+]c1ccc(N2CCC3(CC2)OCCO3)c(F)c1. The van der Waals surface area contributed by atoms with Crippen LogP contribution in [-0.4, -0.2) is 32.1 Å². The van der Waals surface area contributed by atoms with Crippen molar-refractivity contribution in [2.45, 2.75) is 18.6 Å². The topological polar surface area (TPSA) is 26.1 Å². The van der Waals surface area contributed by atoms with E-state index in [0.29, 0.717) is 37.7 Å². The molecular formula is C14H15FN2O2. The second-order valence-electron chi connectivity index (χ2n) is 4.84. The first-order chi connectivity index (χ1) is 9.22. The lowest BCUT2D eigenvalue weighted by Crippen LogP contribution is -2.45. The van der Waals surface area contributed by atoms with Crippen LogP contribution in [0.2, 0.25) is 0 Å². The summed E-state index contributed by atoms with van der Waals surface area (Å²) in [6.45, 7) is 9.57. The molecule has 1 aromatic rings. The van der Waals surface area contributed by atoms with Gasteiger partial charge in [-0.1, -0.05) is 6.07 Å². The normalized spacial score (nSPS) is 21.6. The number of nitrogens with zero attached hydrogens (tertiary/aromatic N) is 2.